The molecule has 1 aliphatic carbocycles. The summed E-state index contributed by atoms with van der Waals surface area (Å²) in [6, 6.07) is 0. The molecule has 0 N–H and O–H groups in total. The molecular formula is C14H26O2. The van der Waals surface area contributed by atoms with Gasteiger partial charge >= 0.3 is 0 Å². The summed E-state index contributed by atoms with van der Waals surface area (Å²) in [5.41, 5.74) is -0.163. The highest BCUT2D eigenvalue weighted by Crippen LogP contribution is 2.45. The highest BCUT2D eigenvalue weighted by Gasteiger charge is 2.45. The summed E-state index contributed by atoms with van der Waals surface area (Å²) in [7, 11) is 1.71. The molecule has 0 aliphatic heterocycles. The first-order chi connectivity index (χ1) is 7.53. The molecule has 0 saturated heterocycles. The number of carbonyl (C=O) groups is 1. The minimum Gasteiger partial charge on any atom is -0.384 e. The van der Waals surface area contributed by atoms with E-state index in [1.54, 1.807) is 7.11 Å². The maximum atomic E-state index is 12.4. The average molecular weight is 226 g/mol. The monoisotopic (exact) mass is 226 g/mol. The first-order valence-electron chi connectivity index (χ1n) is 6.55. The fraction of sp³-hybridized carbons (Fsp3) is 0.929. The second kappa shape index (κ2) is 5.81. The minimum absolute atomic E-state index is 0.163. The minimum atomic E-state index is -0.163. The Bertz CT molecular complexity index is 235. The van der Waals surface area contributed by atoms with Crippen molar-refractivity contribution in [3.8, 4) is 0 Å². The molecular weight excluding hydrogens is 200 g/mol. The Hall–Kier alpha value is -0.370. The van der Waals surface area contributed by atoms with Gasteiger partial charge in [0, 0.05) is 13.5 Å². The van der Waals surface area contributed by atoms with E-state index in [9.17, 15) is 4.79 Å². The van der Waals surface area contributed by atoms with Crippen molar-refractivity contribution in [3.05, 3.63) is 0 Å². The van der Waals surface area contributed by atoms with E-state index in [2.05, 4.69) is 20.8 Å². The summed E-state index contributed by atoms with van der Waals surface area (Å²) < 4.78 is 5.31. The van der Waals surface area contributed by atoms with E-state index >= 15 is 0 Å². The molecule has 1 rings (SSSR count). The van der Waals surface area contributed by atoms with E-state index in [4.69, 9.17) is 4.74 Å². The van der Waals surface area contributed by atoms with Gasteiger partial charge in [0.1, 0.15) is 5.78 Å². The number of ether oxygens (including phenoxy) is 1. The molecule has 0 bridgehead atoms. The highest BCUT2D eigenvalue weighted by atomic mass is 16.5. The Morgan fingerprint density at radius 1 is 1.50 bits per heavy atom. The third kappa shape index (κ3) is 2.85. The van der Waals surface area contributed by atoms with E-state index < -0.39 is 0 Å². The largest absolute Gasteiger partial charge is 0.384 e. The molecule has 94 valence electrons. The zero-order valence-electron chi connectivity index (χ0n) is 11.2. The van der Waals surface area contributed by atoms with Crippen molar-refractivity contribution in [1.82, 2.24) is 0 Å². The quantitative estimate of drug-likeness (QED) is 0.693. The normalized spacial score (nSPS) is 29.9. The number of rotatable bonds is 6. The second-order valence-electron chi connectivity index (χ2n) is 5.74. The molecule has 1 aliphatic rings. The fourth-order valence-electron chi connectivity index (χ4n) is 2.88. The van der Waals surface area contributed by atoms with Gasteiger partial charge in [-0.3, -0.25) is 4.79 Å². The summed E-state index contributed by atoms with van der Waals surface area (Å²) in [6.45, 7) is 7.17. The van der Waals surface area contributed by atoms with Crippen LogP contribution in [-0.2, 0) is 9.53 Å². The molecule has 1 fully saturated rings. The van der Waals surface area contributed by atoms with Gasteiger partial charge in [0.25, 0.3) is 0 Å². The van der Waals surface area contributed by atoms with Gasteiger partial charge in [-0.05, 0) is 31.1 Å². The van der Waals surface area contributed by atoms with Gasteiger partial charge in [0.15, 0.2) is 0 Å². The lowest BCUT2D eigenvalue weighted by molar-refractivity contribution is -0.134. The molecule has 2 unspecified atom stereocenters. The number of hydrogen-bond acceptors (Lipinski definition) is 2. The zero-order chi connectivity index (χ0) is 12.2. The number of carbonyl (C=O) groups excluding carboxylic acids is 1. The van der Waals surface area contributed by atoms with Gasteiger partial charge in [-0.1, -0.05) is 27.2 Å². The van der Waals surface area contributed by atoms with E-state index in [0.717, 1.165) is 19.3 Å². The van der Waals surface area contributed by atoms with Gasteiger partial charge in [-0.25, -0.2) is 0 Å². The summed E-state index contributed by atoms with van der Waals surface area (Å²) in [6.07, 6.45) is 5.12. The lowest BCUT2D eigenvalue weighted by Crippen LogP contribution is -2.38. The fourth-order valence-corrected chi connectivity index (χ4v) is 2.88. The smallest absolute Gasteiger partial charge is 0.141 e. The Balaban J connectivity index is 2.65. The topological polar surface area (TPSA) is 26.3 Å². The molecule has 0 aromatic heterocycles. The van der Waals surface area contributed by atoms with Crippen molar-refractivity contribution in [2.24, 2.45) is 17.3 Å². The van der Waals surface area contributed by atoms with Crippen LogP contribution in [0.4, 0.5) is 0 Å². The van der Waals surface area contributed by atoms with Crippen molar-refractivity contribution >= 4 is 5.78 Å². The molecule has 16 heavy (non-hydrogen) atoms. The van der Waals surface area contributed by atoms with Crippen LogP contribution in [0.25, 0.3) is 0 Å². The molecule has 0 radical (unpaired) electrons. The molecule has 0 spiro atoms. The van der Waals surface area contributed by atoms with Crippen LogP contribution in [0.1, 0.15) is 52.9 Å². The molecule has 2 heteroatoms. The van der Waals surface area contributed by atoms with Crippen molar-refractivity contribution in [2.75, 3.05) is 13.7 Å². The van der Waals surface area contributed by atoms with Crippen molar-refractivity contribution in [3.63, 3.8) is 0 Å². The molecule has 0 amide bonds. The Morgan fingerprint density at radius 2 is 2.19 bits per heavy atom. The standard InChI is InChI=1S/C14H26O2/c1-11(2)7-8-13(15)14(10-16-4)9-5-6-12(14)3/h11-12H,5-10H2,1-4H3. The summed E-state index contributed by atoms with van der Waals surface area (Å²) in [5, 5.41) is 0. The van der Waals surface area contributed by atoms with E-state index in [1.807, 2.05) is 0 Å². The average Bonchev–Trinajstić information content (AvgIpc) is 2.58. The zero-order valence-corrected chi connectivity index (χ0v) is 11.2. The highest BCUT2D eigenvalue weighted by molar-refractivity contribution is 5.85. The van der Waals surface area contributed by atoms with Crippen LogP contribution >= 0.6 is 0 Å². The van der Waals surface area contributed by atoms with Crippen LogP contribution in [0.5, 0.6) is 0 Å². The molecule has 0 aromatic rings. The third-order valence-electron chi connectivity index (χ3n) is 4.11. The second-order valence-corrected chi connectivity index (χ2v) is 5.74. The van der Waals surface area contributed by atoms with E-state index in [0.29, 0.717) is 24.2 Å². The summed E-state index contributed by atoms with van der Waals surface area (Å²) >= 11 is 0. The SMILES string of the molecule is COCC1(C(=O)CCC(C)C)CCCC1C. The first-order valence-corrected chi connectivity index (χ1v) is 6.55. The molecule has 0 aromatic carbocycles. The van der Waals surface area contributed by atoms with Crippen LogP contribution < -0.4 is 0 Å². The van der Waals surface area contributed by atoms with Crippen molar-refractivity contribution in [1.29, 1.82) is 0 Å². The Kier molecular flexibility index (Phi) is 4.97. The van der Waals surface area contributed by atoms with Gasteiger partial charge < -0.3 is 4.74 Å². The third-order valence-corrected chi connectivity index (χ3v) is 4.11. The van der Waals surface area contributed by atoms with Gasteiger partial charge in [0.05, 0.1) is 12.0 Å². The van der Waals surface area contributed by atoms with Gasteiger partial charge in [-0.2, -0.15) is 0 Å². The predicted molar refractivity (Wildman–Crippen MR) is 66.4 cm³/mol. The van der Waals surface area contributed by atoms with E-state index in [1.165, 1.54) is 12.8 Å². The summed E-state index contributed by atoms with van der Waals surface area (Å²) in [5.74, 6) is 1.54. The van der Waals surface area contributed by atoms with Gasteiger partial charge in [-0.15, -0.1) is 0 Å². The van der Waals surface area contributed by atoms with Crippen molar-refractivity contribution < 1.29 is 9.53 Å². The van der Waals surface area contributed by atoms with Crippen LogP contribution in [-0.4, -0.2) is 19.5 Å². The summed E-state index contributed by atoms with van der Waals surface area (Å²) in [4.78, 5) is 12.4. The molecule has 2 nitrogen and oxygen atoms in total. The number of methoxy groups -OCH3 is 1. The number of Topliss-reactive ketones (excluding diaryl/α,β-unsaturated/α-hetero) is 1. The van der Waals surface area contributed by atoms with Crippen LogP contribution in [0.15, 0.2) is 0 Å². The number of hydrogen-bond donors (Lipinski definition) is 0. The maximum absolute atomic E-state index is 12.4. The van der Waals surface area contributed by atoms with Gasteiger partial charge in [0.2, 0.25) is 0 Å². The Labute approximate surface area is 99.8 Å². The predicted octanol–water partition coefficient (Wildman–Crippen LogP) is 3.44. The lowest BCUT2D eigenvalue weighted by Gasteiger charge is -2.31. The van der Waals surface area contributed by atoms with Crippen LogP contribution in [0, 0.1) is 17.3 Å². The van der Waals surface area contributed by atoms with E-state index in [-0.39, 0.29) is 5.41 Å². The molecule has 0 heterocycles. The van der Waals surface area contributed by atoms with Crippen LogP contribution in [0.2, 0.25) is 0 Å². The maximum Gasteiger partial charge on any atom is 0.141 e. The number of ketones is 1. The Morgan fingerprint density at radius 3 is 2.62 bits per heavy atom. The van der Waals surface area contributed by atoms with Crippen molar-refractivity contribution in [2.45, 2.75) is 52.9 Å². The first kappa shape index (κ1) is 13.7. The molecule has 2 atom stereocenters. The molecule has 1 saturated carbocycles. The van der Waals surface area contributed by atoms with Crippen LogP contribution in [0.3, 0.4) is 0 Å². The lowest BCUT2D eigenvalue weighted by atomic mass is 9.74.